The first-order valence-electron chi connectivity index (χ1n) is 10.6. The number of benzene rings is 2. The Kier molecular flexibility index (Phi) is 6.27. The summed E-state index contributed by atoms with van der Waals surface area (Å²) in [7, 11) is -1.64. The number of sulfonamides is 1. The zero-order chi connectivity index (χ0) is 22.0. The van der Waals surface area contributed by atoms with E-state index in [0.717, 1.165) is 34.5 Å². The smallest absolute Gasteiger partial charge is 0.243 e. The van der Waals surface area contributed by atoms with Gasteiger partial charge >= 0.3 is 0 Å². The number of hydrogen-bond donors (Lipinski definition) is 0. The van der Waals surface area contributed by atoms with Gasteiger partial charge in [0.05, 0.1) is 23.8 Å². The van der Waals surface area contributed by atoms with Crippen molar-refractivity contribution < 1.29 is 13.2 Å². The number of ether oxygens (including phenoxy) is 1. The zero-order valence-electron chi connectivity index (χ0n) is 18.3. The van der Waals surface area contributed by atoms with Gasteiger partial charge in [-0.25, -0.2) is 8.42 Å². The lowest BCUT2D eigenvalue weighted by molar-refractivity contribution is 0.103. The summed E-state index contributed by atoms with van der Waals surface area (Å²) in [5, 5.41) is 4.62. The van der Waals surface area contributed by atoms with E-state index in [0.29, 0.717) is 37.6 Å². The minimum absolute atomic E-state index is 0.324. The summed E-state index contributed by atoms with van der Waals surface area (Å²) in [6.45, 7) is 5.75. The SMILES string of the molecule is CCc1ccc(S(=O)(=O)N2CCc3c(c(COCc4ccc(C)cc4)nn3C)C2)cc1. The summed E-state index contributed by atoms with van der Waals surface area (Å²) in [5.41, 5.74) is 6.31. The van der Waals surface area contributed by atoms with Gasteiger partial charge in [0.2, 0.25) is 10.0 Å². The maximum Gasteiger partial charge on any atom is 0.243 e. The maximum absolute atomic E-state index is 13.2. The molecule has 0 unspecified atom stereocenters. The molecule has 164 valence electrons. The van der Waals surface area contributed by atoms with E-state index >= 15 is 0 Å². The monoisotopic (exact) mass is 439 g/mol. The van der Waals surface area contributed by atoms with E-state index < -0.39 is 10.0 Å². The first kappa shape index (κ1) is 21.7. The maximum atomic E-state index is 13.2. The van der Waals surface area contributed by atoms with Crippen LogP contribution in [0, 0.1) is 6.92 Å². The molecule has 2 aromatic carbocycles. The highest BCUT2D eigenvalue weighted by Gasteiger charge is 2.31. The molecule has 6 nitrogen and oxygen atoms in total. The van der Waals surface area contributed by atoms with E-state index in [2.05, 4.69) is 43.2 Å². The van der Waals surface area contributed by atoms with E-state index in [1.54, 1.807) is 16.4 Å². The van der Waals surface area contributed by atoms with E-state index in [-0.39, 0.29) is 0 Å². The molecule has 2 heterocycles. The highest BCUT2D eigenvalue weighted by atomic mass is 32.2. The Morgan fingerprint density at radius 2 is 1.68 bits per heavy atom. The van der Waals surface area contributed by atoms with Crippen LogP contribution >= 0.6 is 0 Å². The van der Waals surface area contributed by atoms with Crippen LogP contribution in [-0.2, 0) is 54.4 Å². The van der Waals surface area contributed by atoms with Crippen LogP contribution in [0.5, 0.6) is 0 Å². The quantitative estimate of drug-likeness (QED) is 0.562. The molecule has 0 fully saturated rings. The van der Waals surface area contributed by atoms with Crippen molar-refractivity contribution in [3.8, 4) is 0 Å². The predicted octanol–water partition coefficient (Wildman–Crippen LogP) is 3.75. The van der Waals surface area contributed by atoms with Gasteiger partial charge in [0, 0.05) is 37.8 Å². The molecule has 0 radical (unpaired) electrons. The molecule has 0 amide bonds. The Morgan fingerprint density at radius 3 is 2.35 bits per heavy atom. The van der Waals surface area contributed by atoms with Crippen LogP contribution in [-0.4, -0.2) is 29.0 Å². The van der Waals surface area contributed by atoms with Crippen molar-refractivity contribution >= 4 is 10.0 Å². The Hall–Kier alpha value is -2.48. The molecular weight excluding hydrogens is 410 g/mol. The van der Waals surface area contributed by atoms with Crippen LogP contribution in [0.2, 0.25) is 0 Å². The molecule has 0 N–H and O–H groups in total. The number of aromatic nitrogens is 2. The third kappa shape index (κ3) is 4.59. The normalized spacial score (nSPS) is 14.5. The molecule has 3 aromatic rings. The third-order valence-corrected chi connectivity index (χ3v) is 7.75. The van der Waals surface area contributed by atoms with Gasteiger partial charge in [0.15, 0.2) is 0 Å². The Balaban J connectivity index is 1.49. The van der Waals surface area contributed by atoms with Crippen molar-refractivity contribution in [2.75, 3.05) is 6.54 Å². The van der Waals surface area contributed by atoms with Crippen molar-refractivity contribution in [3.63, 3.8) is 0 Å². The molecule has 0 saturated carbocycles. The van der Waals surface area contributed by atoms with Gasteiger partial charge in [-0.2, -0.15) is 9.40 Å². The molecule has 0 bridgehead atoms. The van der Waals surface area contributed by atoms with Gasteiger partial charge in [-0.05, 0) is 36.6 Å². The van der Waals surface area contributed by atoms with Crippen molar-refractivity contribution in [1.82, 2.24) is 14.1 Å². The first-order valence-corrected chi connectivity index (χ1v) is 12.1. The molecule has 31 heavy (non-hydrogen) atoms. The van der Waals surface area contributed by atoms with Gasteiger partial charge in [-0.15, -0.1) is 0 Å². The molecule has 4 rings (SSSR count). The summed E-state index contributed by atoms with van der Waals surface area (Å²) >= 11 is 0. The molecule has 0 atom stereocenters. The van der Waals surface area contributed by atoms with Crippen LogP contribution in [0.25, 0.3) is 0 Å². The number of fused-ring (bicyclic) bond motifs is 1. The minimum Gasteiger partial charge on any atom is -0.370 e. The highest BCUT2D eigenvalue weighted by molar-refractivity contribution is 7.89. The lowest BCUT2D eigenvalue weighted by atomic mass is 10.1. The second-order valence-electron chi connectivity index (χ2n) is 8.06. The van der Waals surface area contributed by atoms with Crippen LogP contribution in [0.1, 0.15) is 40.6 Å². The number of nitrogens with zero attached hydrogens (tertiary/aromatic N) is 3. The molecule has 1 aliphatic rings. The third-order valence-electron chi connectivity index (χ3n) is 5.89. The fourth-order valence-electron chi connectivity index (χ4n) is 3.96. The molecule has 0 saturated heterocycles. The summed E-state index contributed by atoms with van der Waals surface area (Å²) in [6.07, 6.45) is 1.53. The lowest BCUT2D eigenvalue weighted by Crippen LogP contribution is -2.36. The van der Waals surface area contributed by atoms with E-state index in [1.807, 2.05) is 23.9 Å². The van der Waals surface area contributed by atoms with Crippen molar-refractivity contribution in [2.24, 2.45) is 7.05 Å². The van der Waals surface area contributed by atoms with Crippen LogP contribution in [0.4, 0.5) is 0 Å². The summed E-state index contributed by atoms with van der Waals surface area (Å²) in [4.78, 5) is 0.342. The van der Waals surface area contributed by atoms with E-state index in [9.17, 15) is 8.42 Å². The van der Waals surface area contributed by atoms with Gasteiger partial charge in [0.1, 0.15) is 0 Å². The van der Waals surface area contributed by atoms with Gasteiger partial charge < -0.3 is 4.74 Å². The molecule has 0 spiro atoms. The Labute approximate surface area is 184 Å². The standard InChI is InChI=1S/C24H29N3O3S/c1-4-19-9-11-21(12-10-19)31(28,29)27-14-13-24-22(15-27)23(25-26(24)3)17-30-16-20-7-5-18(2)6-8-20/h5-12H,4,13-17H2,1-3H3. The molecular formula is C24H29N3O3S. The van der Waals surface area contributed by atoms with Crippen molar-refractivity contribution in [3.05, 3.63) is 82.2 Å². The average molecular weight is 440 g/mol. The second kappa shape index (κ2) is 8.94. The zero-order valence-corrected chi connectivity index (χ0v) is 19.2. The highest BCUT2D eigenvalue weighted by Crippen LogP contribution is 2.27. The Bertz CT molecular complexity index is 1150. The van der Waals surface area contributed by atoms with Crippen LogP contribution < -0.4 is 0 Å². The van der Waals surface area contributed by atoms with Gasteiger partial charge in [-0.3, -0.25) is 4.68 Å². The van der Waals surface area contributed by atoms with Crippen molar-refractivity contribution in [2.45, 2.75) is 51.3 Å². The van der Waals surface area contributed by atoms with Crippen molar-refractivity contribution in [1.29, 1.82) is 0 Å². The fourth-order valence-corrected chi connectivity index (χ4v) is 5.37. The van der Waals surface area contributed by atoms with Gasteiger partial charge in [-0.1, -0.05) is 48.9 Å². The molecule has 7 heteroatoms. The topological polar surface area (TPSA) is 64.4 Å². The Morgan fingerprint density at radius 1 is 1.00 bits per heavy atom. The van der Waals surface area contributed by atoms with E-state index in [4.69, 9.17) is 4.74 Å². The number of hydrogen-bond acceptors (Lipinski definition) is 4. The summed E-state index contributed by atoms with van der Waals surface area (Å²) < 4.78 is 35.7. The summed E-state index contributed by atoms with van der Waals surface area (Å²) in [6, 6.07) is 15.4. The minimum atomic E-state index is -3.55. The molecule has 1 aromatic heterocycles. The largest absolute Gasteiger partial charge is 0.370 e. The lowest BCUT2D eigenvalue weighted by Gasteiger charge is -2.27. The summed E-state index contributed by atoms with van der Waals surface area (Å²) in [5.74, 6) is 0. The van der Waals surface area contributed by atoms with Crippen LogP contribution in [0.15, 0.2) is 53.4 Å². The van der Waals surface area contributed by atoms with Crippen LogP contribution in [0.3, 0.4) is 0 Å². The number of aryl methyl sites for hydroxylation is 3. The molecule has 0 aliphatic carbocycles. The first-order chi connectivity index (χ1) is 14.9. The number of rotatable bonds is 7. The molecule has 1 aliphatic heterocycles. The fraction of sp³-hybridized carbons (Fsp3) is 0.375. The van der Waals surface area contributed by atoms with Gasteiger partial charge in [0.25, 0.3) is 0 Å². The van der Waals surface area contributed by atoms with E-state index in [1.165, 1.54) is 5.56 Å². The average Bonchev–Trinajstić information content (AvgIpc) is 3.10. The predicted molar refractivity (Wildman–Crippen MR) is 120 cm³/mol. The second-order valence-corrected chi connectivity index (χ2v) is 10.00.